The second-order valence-corrected chi connectivity index (χ2v) is 5.36. The van der Waals surface area contributed by atoms with Crippen LogP contribution < -0.4 is 15.0 Å². The van der Waals surface area contributed by atoms with Gasteiger partial charge in [-0.2, -0.15) is 5.26 Å². The standard InChI is InChI=1S/C18H18N4O4/c1-3-21(16-9-4-13(11-19)10-17(16)22(24)25)12-18(23)20-14-5-7-15(26-2)8-6-14/h4-10H,3,12H2,1-2H3,(H,20,23). The van der Waals surface area contributed by atoms with Gasteiger partial charge in [0.2, 0.25) is 5.91 Å². The average Bonchev–Trinajstić information content (AvgIpc) is 2.66. The number of methoxy groups -OCH3 is 1. The SMILES string of the molecule is CCN(CC(=O)Nc1ccc(OC)cc1)c1ccc(C#N)cc1[N+](=O)[O-]. The van der Waals surface area contributed by atoms with Gasteiger partial charge in [-0.1, -0.05) is 0 Å². The predicted molar refractivity (Wildman–Crippen MR) is 97.3 cm³/mol. The molecule has 26 heavy (non-hydrogen) atoms. The highest BCUT2D eigenvalue weighted by atomic mass is 16.6. The molecule has 2 rings (SSSR count). The summed E-state index contributed by atoms with van der Waals surface area (Å²) in [5.41, 5.74) is 0.880. The number of anilines is 2. The first kappa shape index (κ1) is 18.7. The Morgan fingerprint density at radius 3 is 2.54 bits per heavy atom. The minimum Gasteiger partial charge on any atom is -0.497 e. The van der Waals surface area contributed by atoms with Crippen molar-refractivity contribution in [2.45, 2.75) is 6.92 Å². The van der Waals surface area contributed by atoms with Crippen molar-refractivity contribution in [3.05, 3.63) is 58.1 Å². The van der Waals surface area contributed by atoms with Gasteiger partial charge in [-0.25, -0.2) is 0 Å². The van der Waals surface area contributed by atoms with Crippen molar-refractivity contribution in [3.8, 4) is 11.8 Å². The van der Waals surface area contributed by atoms with E-state index in [1.807, 2.05) is 6.07 Å². The van der Waals surface area contributed by atoms with Crippen molar-refractivity contribution >= 4 is 23.0 Å². The molecule has 134 valence electrons. The number of hydrogen-bond donors (Lipinski definition) is 1. The smallest absolute Gasteiger partial charge is 0.293 e. The van der Waals surface area contributed by atoms with Gasteiger partial charge in [-0.05, 0) is 43.3 Å². The van der Waals surface area contributed by atoms with Crippen LogP contribution in [-0.4, -0.2) is 31.0 Å². The maximum absolute atomic E-state index is 12.3. The van der Waals surface area contributed by atoms with E-state index >= 15 is 0 Å². The van der Waals surface area contributed by atoms with Crippen molar-refractivity contribution in [3.63, 3.8) is 0 Å². The molecule has 8 heteroatoms. The molecule has 0 unspecified atom stereocenters. The first-order valence-electron chi connectivity index (χ1n) is 7.85. The topological polar surface area (TPSA) is 109 Å². The molecule has 0 aromatic heterocycles. The number of nitrogens with one attached hydrogen (secondary N) is 1. The van der Waals surface area contributed by atoms with Gasteiger partial charge >= 0.3 is 0 Å². The molecule has 0 bridgehead atoms. The maximum Gasteiger partial charge on any atom is 0.293 e. The Labute approximate surface area is 150 Å². The fraction of sp³-hybridized carbons (Fsp3) is 0.222. The number of benzene rings is 2. The third kappa shape index (κ3) is 4.48. The van der Waals surface area contributed by atoms with E-state index in [9.17, 15) is 14.9 Å². The van der Waals surface area contributed by atoms with Crippen LogP contribution in [0.25, 0.3) is 0 Å². The number of ether oxygens (including phenoxy) is 1. The summed E-state index contributed by atoms with van der Waals surface area (Å²) in [6.07, 6.45) is 0. The number of carbonyl (C=O) groups is 1. The monoisotopic (exact) mass is 354 g/mol. The molecule has 8 nitrogen and oxygen atoms in total. The largest absolute Gasteiger partial charge is 0.497 e. The number of carbonyl (C=O) groups excluding carboxylic acids is 1. The van der Waals surface area contributed by atoms with Crippen LogP contribution in [0.15, 0.2) is 42.5 Å². The Morgan fingerprint density at radius 2 is 2.00 bits per heavy atom. The molecular weight excluding hydrogens is 336 g/mol. The van der Waals surface area contributed by atoms with Gasteiger partial charge in [0, 0.05) is 18.3 Å². The predicted octanol–water partition coefficient (Wildman–Crippen LogP) is 2.94. The van der Waals surface area contributed by atoms with E-state index in [1.165, 1.54) is 18.2 Å². The number of likely N-dealkylation sites (N-methyl/N-ethyl adjacent to an activating group) is 1. The summed E-state index contributed by atoms with van der Waals surface area (Å²) in [7, 11) is 1.55. The van der Waals surface area contributed by atoms with Gasteiger partial charge in [-0.3, -0.25) is 14.9 Å². The molecule has 0 saturated heterocycles. The van der Waals surface area contributed by atoms with Crippen LogP contribution in [0.2, 0.25) is 0 Å². The van der Waals surface area contributed by atoms with E-state index in [1.54, 1.807) is 43.2 Å². The van der Waals surface area contributed by atoms with Crippen LogP contribution in [-0.2, 0) is 4.79 Å². The van der Waals surface area contributed by atoms with Crippen LogP contribution in [0.4, 0.5) is 17.1 Å². The molecular formula is C18H18N4O4. The summed E-state index contributed by atoms with van der Waals surface area (Å²) in [4.78, 5) is 24.6. The summed E-state index contributed by atoms with van der Waals surface area (Å²) in [5, 5.41) is 23.0. The number of nitro benzene ring substituents is 1. The Kier molecular flexibility index (Phi) is 6.11. The van der Waals surface area contributed by atoms with Crippen LogP contribution in [0.3, 0.4) is 0 Å². The molecule has 0 atom stereocenters. The van der Waals surface area contributed by atoms with Crippen LogP contribution in [0.1, 0.15) is 12.5 Å². The molecule has 0 aliphatic heterocycles. The molecule has 0 spiro atoms. The van der Waals surface area contributed by atoms with Crippen molar-refractivity contribution in [2.75, 3.05) is 30.4 Å². The third-order valence-corrected chi connectivity index (χ3v) is 3.73. The highest BCUT2D eigenvalue weighted by molar-refractivity contribution is 5.94. The maximum atomic E-state index is 12.3. The van der Waals surface area contributed by atoms with Crippen LogP contribution in [0, 0.1) is 21.4 Å². The van der Waals surface area contributed by atoms with E-state index in [0.29, 0.717) is 23.7 Å². The Balaban J connectivity index is 2.16. The molecule has 2 aromatic carbocycles. The van der Waals surface area contributed by atoms with Gasteiger partial charge in [-0.15, -0.1) is 0 Å². The number of nitrogens with zero attached hydrogens (tertiary/aromatic N) is 3. The lowest BCUT2D eigenvalue weighted by Crippen LogP contribution is -2.33. The third-order valence-electron chi connectivity index (χ3n) is 3.73. The zero-order valence-corrected chi connectivity index (χ0v) is 14.4. The zero-order chi connectivity index (χ0) is 19.1. The lowest BCUT2D eigenvalue weighted by Gasteiger charge is -2.22. The second-order valence-electron chi connectivity index (χ2n) is 5.36. The Morgan fingerprint density at radius 1 is 1.31 bits per heavy atom. The molecule has 2 aromatic rings. The highest BCUT2D eigenvalue weighted by Crippen LogP contribution is 2.29. The molecule has 0 aliphatic rings. The van der Waals surface area contributed by atoms with Gasteiger partial charge in [0.05, 0.1) is 30.2 Å². The fourth-order valence-electron chi connectivity index (χ4n) is 2.42. The molecule has 1 N–H and O–H groups in total. The van der Waals surface area contributed by atoms with Crippen molar-refractivity contribution in [1.29, 1.82) is 5.26 Å². The highest BCUT2D eigenvalue weighted by Gasteiger charge is 2.21. The Bertz CT molecular complexity index is 843. The van der Waals surface area contributed by atoms with Crippen LogP contribution in [0.5, 0.6) is 5.75 Å². The van der Waals surface area contributed by atoms with Crippen LogP contribution >= 0.6 is 0 Å². The number of nitro groups is 1. The van der Waals surface area contributed by atoms with Gasteiger partial charge in [0.15, 0.2) is 0 Å². The van der Waals surface area contributed by atoms with E-state index < -0.39 is 4.92 Å². The van der Waals surface area contributed by atoms with Gasteiger partial charge in [0.25, 0.3) is 5.69 Å². The molecule has 0 radical (unpaired) electrons. The van der Waals surface area contributed by atoms with Gasteiger partial charge < -0.3 is 15.0 Å². The summed E-state index contributed by atoms with van der Waals surface area (Å²) in [6.45, 7) is 2.13. The van der Waals surface area contributed by atoms with Crippen molar-refractivity contribution in [2.24, 2.45) is 0 Å². The molecule has 0 aliphatic carbocycles. The quantitative estimate of drug-likeness (QED) is 0.605. The Hall–Kier alpha value is -3.60. The minimum atomic E-state index is -0.555. The first-order valence-corrected chi connectivity index (χ1v) is 7.85. The number of hydrogen-bond acceptors (Lipinski definition) is 6. The normalized spacial score (nSPS) is 9.88. The number of amides is 1. The van der Waals surface area contributed by atoms with E-state index in [-0.39, 0.29) is 23.7 Å². The van der Waals surface area contributed by atoms with E-state index in [2.05, 4.69) is 5.32 Å². The number of rotatable bonds is 7. The minimum absolute atomic E-state index is 0.0602. The molecule has 1 amide bonds. The summed E-state index contributed by atoms with van der Waals surface area (Å²) >= 11 is 0. The molecule has 0 heterocycles. The zero-order valence-electron chi connectivity index (χ0n) is 14.4. The van der Waals surface area contributed by atoms with Crippen molar-refractivity contribution in [1.82, 2.24) is 0 Å². The fourth-order valence-corrected chi connectivity index (χ4v) is 2.42. The summed E-state index contributed by atoms with van der Waals surface area (Å²) in [6, 6.07) is 12.9. The number of nitriles is 1. The molecule has 0 fully saturated rings. The molecule has 0 saturated carbocycles. The average molecular weight is 354 g/mol. The van der Waals surface area contributed by atoms with Crippen molar-refractivity contribution < 1.29 is 14.5 Å². The first-order chi connectivity index (χ1) is 12.5. The summed E-state index contributed by atoms with van der Waals surface area (Å²) in [5.74, 6) is 0.363. The lowest BCUT2D eigenvalue weighted by atomic mass is 10.1. The van der Waals surface area contributed by atoms with E-state index in [0.717, 1.165) is 0 Å². The van der Waals surface area contributed by atoms with E-state index in [4.69, 9.17) is 10.00 Å². The summed E-state index contributed by atoms with van der Waals surface area (Å²) < 4.78 is 5.06. The van der Waals surface area contributed by atoms with Gasteiger partial charge in [0.1, 0.15) is 11.4 Å². The lowest BCUT2D eigenvalue weighted by molar-refractivity contribution is -0.384. The second kappa shape index (κ2) is 8.48.